The molecule has 1 rings (SSSR count). The van der Waals surface area contributed by atoms with Crippen molar-refractivity contribution in [3.8, 4) is 0 Å². The van der Waals surface area contributed by atoms with Crippen LogP contribution in [0.3, 0.4) is 0 Å². The Hall–Kier alpha value is -0.990. The van der Waals surface area contributed by atoms with E-state index in [4.69, 9.17) is 4.74 Å². The lowest BCUT2D eigenvalue weighted by molar-refractivity contribution is 0.0372. The number of rotatable bonds is 2. The SMILES string of the molecule is C=CC(C)(C)OC(=O)N1CCCCC1. The second kappa shape index (κ2) is 4.49. The van der Waals surface area contributed by atoms with Gasteiger partial charge in [0.15, 0.2) is 0 Å². The average Bonchev–Trinajstić information content (AvgIpc) is 2.19. The zero-order chi connectivity index (χ0) is 10.6. The van der Waals surface area contributed by atoms with Gasteiger partial charge in [0.2, 0.25) is 0 Å². The van der Waals surface area contributed by atoms with E-state index in [-0.39, 0.29) is 6.09 Å². The Kier molecular flexibility index (Phi) is 3.55. The molecule has 0 aromatic heterocycles. The summed E-state index contributed by atoms with van der Waals surface area (Å²) in [5.74, 6) is 0. The molecule has 1 aliphatic heterocycles. The number of hydrogen-bond donors (Lipinski definition) is 0. The molecule has 1 saturated heterocycles. The van der Waals surface area contributed by atoms with Crippen LogP contribution in [0.25, 0.3) is 0 Å². The zero-order valence-corrected chi connectivity index (χ0v) is 9.08. The van der Waals surface area contributed by atoms with Crippen molar-refractivity contribution in [2.24, 2.45) is 0 Å². The van der Waals surface area contributed by atoms with Gasteiger partial charge in [-0.05, 0) is 39.2 Å². The van der Waals surface area contributed by atoms with E-state index in [9.17, 15) is 4.79 Å². The highest BCUT2D eigenvalue weighted by molar-refractivity contribution is 5.68. The third kappa shape index (κ3) is 3.05. The molecular weight excluding hydrogens is 178 g/mol. The van der Waals surface area contributed by atoms with Gasteiger partial charge in [0.05, 0.1) is 0 Å². The highest BCUT2D eigenvalue weighted by Crippen LogP contribution is 2.15. The first-order chi connectivity index (χ1) is 6.55. The predicted octanol–water partition coefficient (Wildman–Crippen LogP) is 2.57. The van der Waals surface area contributed by atoms with Gasteiger partial charge in [-0.2, -0.15) is 0 Å². The van der Waals surface area contributed by atoms with Crippen molar-refractivity contribution < 1.29 is 9.53 Å². The number of amides is 1. The van der Waals surface area contributed by atoms with Crippen molar-refractivity contribution >= 4 is 6.09 Å². The number of nitrogens with zero attached hydrogens (tertiary/aromatic N) is 1. The van der Waals surface area contributed by atoms with Crippen molar-refractivity contribution in [3.63, 3.8) is 0 Å². The Bertz CT molecular complexity index is 217. The predicted molar refractivity (Wildman–Crippen MR) is 56.2 cm³/mol. The zero-order valence-electron chi connectivity index (χ0n) is 9.08. The second-order valence-corrected chi connectivity index (χ2v) is 4.22. The van der Waals surface area contributed by atoms with Gasteiger partial charge in [-0.3, -0.25) is 0 Å². The molecule has 1 amide bonds. The quantitative estimate of drug-likeness (QED) is 0.637. The normalized spacial score (nSPS) is 17.7. The molecule has 0 aromatic rings. The van der Waals surface area contributed by atoms with Gasteiger partial charge in [-0.15, -0.1) is 0 Å². The minimum Gasteiger partial charge on any atom is -0.439 e. The molecule has 1 heterocycles. The first-order valence-electron chi connectivity index (χ1n) is 5.17. The fraction of sp³-hybridized carbons (Fsp3) is 0.727. The van der Waals surface area contributed by atoms with E-state index >= 15 is 0 Å². The van der Waals surface area contributed by atoms with Crippen molar-refractivity contribution in [1.82, 2.24) is 4.90 Å². The summed E-state index contributed by atoms with van der Waals surface area (Å²) < 4.78 is 5.30. The van der Waals surface area contributed by atoms with Crippen LogP contribution in [0.2, 0.25) is 0 Å². The summed E-state index contributed by atoms with van der Waals surface area (Å²) in [5, 5.41) is 0. The van der Waals surface area contributed by atoms with Crippen molar-refractivity contribution in [3.05, 3.63) is 12.7 Å². The van der Waals surface area contributed by atoms with Crippen LogP contribution >= 0.6 is 0 Å². The topological polar surface area (TPSA) is 29.5 Å². The number of piperidine rings is 1. The molecule has 1 fully saturated rings. The molecule has 0 radical (unpaired) electrons. The lowest BCUT2D eigenvalue weighted by atomic mass is 10.1. The van der Waals surface area contributed by atoms with Crippen LogP contribution in [0.5, 0.6) is 0 Å². The van der Waals surface area contributed by atoms with Gasteiger partial charge in [-0.1, -0.05) is 6.58 Å². The van der Waals surface area contributed by atoms with E-state index in [0.717, 1.165) is 25.9 Å². The summed E-state index contributed by atoms with van der Waals surface area (Å²) in [4.78, 5) is 13.4. The standard InChI is InChI=1S/C11H19NO2/c1-4-11(2,3)14-10(13)12-8-6-5-7-9-12/h4H,1,5-9H2,2-3H3. The largest absolute Gasteiger partial charge is 0.439 e. The summed E-state index contributed by atoms with van der Waals surface area (Å²) in [5.41, 5.74) is -0.561. The maximum Gasteiger partial charge on any atom is 0.410 e. The number of carbonyl (C=O) groups is 1. The molecule has 1 aliphatic rings. The summed E-state index contributed by atoms with van der Waals surface area (Å²) in [6.07, 6.45) is 4.83. The molecule has 80 valence electrons. The third-order valence-electron chi connectivity index (χ3n) is 2.46. The van der Waals surface area contributed by atoms with E-state index in [0.29, 0.717) is 0 Å². The second-order valence-electron chi connectivity index (χ2n) is 4.22. The van der Waals surface area contributed by atoms with Crippen molar-refractivity contribution in [2.45, 2.75) is 38.7 Å². The lowest BCUT2D eigenvalue weighted by Gasteiger charge is -2.30. The number of likely N-dealkylation sites (tertiary alicyclic amines) is 1. The van der Waals surface area contributed by atoms with Gasteiger partial charge in [-0.25, -0.2) is 4.79 Å². The molecule has 0 aliphatic carbocycles. The van der Waals surface area contributed by atoms with E-state index < -0.39 is 5.60 Å². The molecule has 3 heteroatoms. The minimum absolute atomic E-state index is 0.213. The maximum absolute atomic E-state index is 11.6. The average molecular weight is 197 g/mol. The molecule has 0 N–H and O–H groups in total. The van der Waals surface area contributed by atoms with Crippen LogP contribution in [0.15, 0.2) is 12.7 Å². The number of hydrogen-bond acceptors (Lipinski definition) is 2. The van der Waals surface area contributed by atoms with E-state index in [1.54, 1.807) is 11.0 Å². The Morgan fingerprint density at radius 1 is 1.36 bits per heavy atom. The summed E-state index contributed by atoms with van der Waals surface area (Å²) in [6.45, 7) is 8.96. The Morgan fingerprint density at radius 3 is 2.43 bits per heavy atom. The number of carbonyl (C=O) groups excluding carboxylic acids is 1. The first kappa shape index (κ1) is 11.1. The van der Waals surface area contributed by atoms with Gasteiger partial charge in [0.1, 0.15) is 5.60 Å². The molecular formula is C11H19NO2. The van der Waals surface area contributed by atoms with Crippen LogP contribution in [0.4, 0.5) is 4.79 Å². The Labute approximate surface area is 85.7 Å². The lowest BCUT2D eigenvalue weighted by Crippen LogP contribution is -2.40. The van der Waals surface area contributed by atoms with Crippen molar-refractivity contribution in [2.75, 3.05) is 13.1 Å². The van der Waals surface area contributed by atoms with E-state index in [1.165, 1.54) is 6.42 Å². The molecule has 14 heavy (non-hydrogen) atoms. The maximum atomic E-state index is 11.6. The molecule has 0 saturated carbocycles. The van der Waals surface area contributed by atoms with Gasteiger partial charge in [0.25, 0.3) is 0 Å². The molecule has 3 nitrogen and oxygen atoms in total. The summed E-state index contributed by atoms with van der Waals surface area (Å²) >= 11 is 0. The van der Waals surface area contributed by atoms with Crippen LogP contribution in [-0.4, -0.2) is 29.7 Å². The Morgan fingerprint density at radius 2 is 1.93 bits per heavy atom. The summed E-state index contributed by atoms with van der Waals surface area (Å²) in [6, 6.07) is 0. The van der Waals surface area contributed by atoms with Crippen LogP contribution < -0.4 is 0 Å². The van der Waals surface area contributed by atoms with Crippen LogP contribution in [0, 0.1) is 0 Å². The fourth-order valence-corrected chi connectivity index (χ4v) is 1.41. The Balaban J connectivity index is 2.44. The van der Waals surface area contributed by atoms with Crippen LogP contribution in [0.1, 0.15) is 33.1 Å². The van der Waals surface area contributed by atoms with Gasteiger partial charge < -0.3 is 9.64 Å². The molecule has 0 bridgehead atoms. The monoisotopic (exact) mass is 197 g/mol. The van der Waals surface area contributed by atoms with Gasteiger partial charge in [0, 0.05) is 13.1 Å². The molecule has 0 spiro atoms. The molecule has 0 atom stereocenters. The highest BCUT2D eigenvalue weighted by atomic mass is 16.6. The fourth-order valence-electron chi connectivity index (χ4n) is 1.41. The van der Waals surface area contributed by atoms with E-state index in [1.807, 2.05) is 13.8 Å². The minimum atomic E-state index is -0.561. The molecule has 0 aromatic carbocycles. The van der Waals surface area contributed by atoms with Gasteiger partial charge >= 0.3 is 6.09 Å². The first-order valence-corrected chi connectivity index (χ1v) is 5.17. The highest BCUT2D eigenvalue weighted by Gasteiger charge is 2.24. The number of ether oxygens (including phenoxy) is 1. The third-order valence-corrected chi connectivity index (χ3v) is 2.46. The smallest absolute Gasteiger partial charge is 0.410 e. The van der Waals surface area contributed by atoms with Crippen LogP contribution in [-0.2, 0) is 4.74 Å². The summed E-state index contributed by atoms with van der Waals surface area (Å²) in [7, 11) is 0. The van der Waals surface area contributed by atoms with E-state index in [2.05, 4.69) is 6.58 Å². The van der Waals surface area contributed by atoms with Crippen molar-refractivity contribution in [1.29, 1.82) is 0 Å². The molecule has 0 unspecified atom stereocenters.